The number of hydrogen-bond acceptors (Lipinski definition) is 8. The number of aromatic nitrogens is 2. The minimum atomic E-state index is -2.51. The maximum absolute atomic E-state index is 13.5. The first-order valence-electron chi connectivity index (χ1n) is 10.4. The summed E-state index contributed by atoms with van der Waals surface area (Å²) in [6, 6.07) is 4.96. The third-order valence-electron chi connectivity index (χ3n) is 7.57. The summed E-state index contributed by atoms with van der Waals surface area (Å²) in [5.41, 5.74) is 2.42. The third kappa shape index (κ3) is 2.85. The molecule has 0 aliphatic heterocycles. The molecule has 5 aliphatic rings. The lowest BCUT2D eigenvalue weighted by Crippen LogP contribution is -2.34. The van der Waals surface area contributed by atoms with Crippen molar-refractivity contribution in [3.8, 4) is 0 Å². The summed E-state index contributed by atoms with van der Waals surface area (Å²) < 4.78 is 38.2. The molecule has 5 atom stereocenters. The van der Waals surface area contributed by atoms with Crippen molar-refractivity contribution >= 4 is 21.4 Å². The van der Waals surface area contributed by atoms with E-state index in [4.69, 9.17) is 9.41 Å². The molecule has 31 heavy (non-hydrogen) atoms. The zero-order chi connectivity index (χ0) is 21.5. The van der Waals surface area contributed by atoms with Crippen molar-refractivity contribution in [1.29, 1.82) is 4.78 Å². The summed E-state index contributed by atoms with van der Waals surface area (Å²) in [6.07, 6.45) is 3.20. The fraction of sp³-hybridized carbons (Fsp3) is 0.550. The molecular weight excluding hydrogens is 423 g/mol. The van der Waals surface area contributed by atoms with Gasteiger partial charge in [0.05, 0.1) is 0 Å². The standard InChI is InChI=1S/C20H23FN6O3S/c1-31(22,29)8-20-6-13(14-15(20)16(14)20)24-19-17(26-30-27-19)18(25-28)23-7-10-4-9-2-3-11(21)5-12(9)10/h2-3,5,10,13-16,22,28H,4,6-8H2,1H3,(H,23,25)(H,24,27)/t10?,13-,14?,15?,16?,20?,31?/m1/s1. The highest BCUT2D eigenvalue weighted by atomic mass is 32.2. The van der Waals surface area contributed by atoms with Crippen LogP contribution < -0.4 is 10.6 Å². The summed E-state index contributed by atoms with van der Waals surface area (Å²) in [7, 11) is -2.51. The van der Waals surface area contributed by atoms with Gasteiger partial charge in [-0.25, -0.2) is 9.02 Å². The van der Waals surface area contributed by atoms with E-state index < -0.39 is 9.73 Å². The molecule has 4 N–H and O–H groups in total. The fourth-order valence-corrected chi connectivity index (χ4v) is 7.86. The average molecular weight is 447 g/mol. The van der Waals surface area contributed by atoms with Gasteiger partial charge in [0, 0.05) is 40.2 Å². The number of fused-ring (bicyclic) bond motifs is 2. The number of amidine groups is 1. The largest absolute Gasteiger partial charge is 0.409 e. The average Bonchev–Trinajstić information content (AvgIpc) is 3.41. The Morgan fingerprint density at radius 1 is 1.45 bits per heavy atom. The van der Waals surface area contributed by atoms with Crippen LogP contribution in [0.15, 0.2) is 28.0 Å². The maximum Gasteiger partial charge on any atom is 0.202 e. The van der Waals surface area contributed by atoms with E-state index in [9.17, 15) is 13.8 Å². The first-order chi connectivity index (χ1) is 14.8. The van der Waals surface area contributed by atoms with E-state index in [-0.39, 0.29) is 34.7 Å². The Bertz CT molecular complexity index is 1200. The Labute approximate surface area is 178 Å². The molecule has 0 saturated heterocycles. The van der Waals surface area contributed by atoms with E-state index in [2.05, 4.69) is 26.1 Å². The monoisotopic (exact) mass is 446 g/mol. The van der Waals surface area contributed by atoms with Crippen molar-refractivity contribution in [3.63, 3.8) is 0 Å². The molecular formula is C20H23FN6O3S. The molecule has 4 unspecified atom stereocenters. The fourth-order valence-electron chi connectivity index (χ4n) is 6.33. The van der Waals surface area contributed by atoms with Crippen molar-refractivity contribution < 1.29 is 18.4 Å². The summed E-state index contributed by atoms with van der Waals surface area (Å²) in [4.78, 5) is 0. The first kappa shape index (κ1) is 19.0. The molecule has 164 valence electrons. The number of halogens is 1. The van der Waals surface area contributed by atoms with E-state index in [1.807, 2.05) is 0 Å². The molecule has 1 heterocycles. The molecule has 9 nitrogen and oxygen atoms in total. The molecule has 4 fully saturated rings. The molecule has 4 saturated carbocycles. The molecule has 0 radical (unpaired) electrons. The van der Waals surface area contributed by atoms with Crippen molar-refractivity contribution in [2.75, 3.05) is 23.9 Å². The molecule has 2 bridgehead atoms. The molecule has 2 aromatic rings. The van der Waals surface area contributed by atoms with Gasteiger partial charge in [0.2, 0.25) is 5.82 Å². The zero-order valence-electron chi connectivity index (χ0n) is 16.8. The Hall–Kier alpha value is -2.69. The van der Waals surface area contributed by atoms with Crippen LogP contribution >= 0.6 is 0 Å². The lowest BCUT2D eigenvalue weighted by Gasteiger charge is -2.30. The summed E-state index contributed by atoms with van der Waals surface area (Å²) in [6.45, 7) is 0.468. The minimum absolute atomic E-state index is 0.0479. The zero-order valence-corrected chi connectivity index (χ0v) is 17.7. The Morgan fingerprint density at radius 3 is 3.00 bits per heavy atom. The topological polar surface area (TPSA) is 136 Å². The van der Waals surface area contributed by atoms with E-state index in [1.165, 1.54) is 12.3 Å². The second-order valence-electron chi connectivity index (χ2n) is 9.50. The number of hydrogen-bond donors (Lipinski definition) is 4. The normalized spacial score (nSPS) is 36.1. The smallest absolute Gasteiger partial charge is 0.202 e. The summed E-state index contributed by atoms with van der Waals surface area (Å²) in [5, 5.41) is 27.1. The Balaban J connectivity index is 1.11. The number of oxime groups is 1. The lowest BCUT2D eigenvalue weighted by molar-refractivity contribution is 0.303. The Morgan fingerprint density at radius 2 is 2.26 bits per heavy atom. The molecule has 7 rings (SSSR count). The van der Waals surface area contributed by atoms with Crippen LogP contribution in [0.3, 0.4) is 0 Å². The molecule has 1 aromatic carbocycles. The van der Waals surface area contributed by atoms with Crippen LogP contribution in [0, 0.1) is 33.8 Å². The number of nitrogens with one attached hydrogen (secondary N) is 3. The van der Waals surface area contributed by atoms with Crippen LogP contribution in [0.5, 0.6) is 0 Å². The number of nitrogens with zero attached hydrogens (tertiary/aromatic N) is 3. The second-order valence-corrected chi connectivity index (χ2v) is 11.8. The molecule has 0 amide bonds. The van der Waals surface area contributed by atoms with Gasteiger partial charge in [0.25, 0.3) is 0 Å². The van der Waals surface area contributed by atoms with E-state index in [0.717, 1.165) is 24.0 Å². The summed E-state index contributed by atoms with van der Waals surface area (Å²) in [5.74, 6) is 2.49. The third-order valence-corrected chi connectivity index (χ3v) is 8.66. The second kappa shape index (κ2) is 6.18. The number of benzene rings is 1. The van der Waals surface area contributed by atoms with Crippen LogP contribution in [0.25, 0.3) is 0 Å². The van der Waals surface area contributed by atoms with Gasteiger partial charge in [0.1, 0.15) is 5.82 Å². The highest BCUT2D eigenvalue weighted by Crippen LogP contribution is 2.90. The van der Waals surface area contributed by atoms with Gasteiger partial charge < -0.3 is 15.8 Å². The van der Waals surface area contributed by atoms with Gasteiger partial charge in [-0.2, -0.15) is 0 Å². The van der Waals surface area contributed by atoms with Crippen molar-refractivity contribution in [2.24, 2.45) is 28.3 Å². The van der Waals surface area contributed by atoms with Crippen LogP contribution in [0.1, 0.15) is 29.2 Å². The van der Waals surface area contributed by atoms with Crippen LogP contribution in [0.2, 0.25) is 0 Å². The van der Waals surface area contributed by atoms with Gasteiger partial charge >= 0.3 is 0 Å². The molecule has 1 aromatic heterocycles. The highest BCUT2D eigenvalue weighted by Gasteiger charge is 2.89. The predicted octanol–water partition coefficient (Wildman–Crippen LogP) is 2.00. The number of rotatable bonds is 7. The van der Waals surface area contributed by atoms with Crippen molar-refractivity contribution in [2.45, 2.75) is 24.8 Å². The lowest BCUT2D eigenvalue weighted by atomic mass is 9.77. The predicted molar refractivity (Wildman–Crippen MR) is 110 cm³/mol. The first-order valence-corrected chi connectivity index (χ1v) is 12.5. The molecule has 5 aliphatic carbocycles. The maximum atomic E-state index is 13.5. The van der Waals surface area contributed by atoms with Crippen LogP contribution in [-0.4, -0.2) is 50.2 Å². The van der Waals surface area contributed by atoms with Crippen molar-refractivity contribution in [1.82, 2.24) is 15.6 Å². The van der Waals surface area contributed by atoms with E-state index >= 15 is 0 Å². The minimum Gasteiger partial charge on any atom is -0.409 e. The quantitative estimate of drug-likeness (QED) is 0.221. The van der Waals surface area contributed by atoms with Crippen molar-refractivity contribution in [3.05, 3.63) is 40.8 Å². The Kier molecular flexibility index (Phi) is 3.79. The van der Waals surface area contributed by atoms with Gasteiger partial charge in [-0.05, 0) is 69.6 Å². The van der Waals surface area contributed by atoms with Crippen LogP contribution in [-0.2, 0) is 16.1 Å². The molecule has 11 heteroatoms. The van der Waals surface area contributed by atoms with Gasteiger partial charge in [-0.15, -0.1) is 0 Å². The van der Waals surface area contributed by atoms with E-state index in [1.54, 1.807) is 12.1 Å². The van der Waals surface area contributed by atoms with Gasteiger partial charge in [-0.3, -0.25) is 8.99 Å². The highest BCUT2D eigenvalue weighted by molar-refractivity contribution is 7.91. The molecule has 0 spiro atoms. The van der Waals surface area contributed by atoms with Gasteiger partial charge in [-0.1, -0.05) is 11.2 Å². The summed E-state index contributed by atoms with van der Waals surface area (Å²) >= 11 is 0. The number of anilines is 1. The van der Waals surface area contributed by atoms with Gasteiger partial charge in [0.15, 0.2) is 11.5 Å². The van der Waals surface area contributed by atoms with E-state index in [0.29, 0.717) is 35.9 Å². The SMILES string of the molecule is CS(=N)(=O)CC12C[C@@H](Nc3nonc3/C(=N\O)NCC3Cc4ccc(F)cc43)C3C1C32. The van der Waals surface area contributed by atoms with Crippen LogP contribution in [0.4, 0.5) is 10.2 Å².